The van der Waals surface area contributed by atoms with E-state index in [1.165, 1.54) is 0 Å². The van der Waals surface area contributed by atoms with Gasteiger partial charge in [0.15, 0.2) is 0 Å². The molecule has 1 aromatic heterocycles. The van der Waals surface area contributed by atoms with Crippen molar-refractivity contribution in [2.75, 3.05) is 11.5 Å². The average Bonchev–Trinajstić information content (AvgIpc) is 2.75. The number of aromatic nitrogens is 1. The van der Waals surface area contributed by atoms with Gasteiger partial charge >= 0.3 is 0 Å². The first-order valence-corrected chi connectivity index (χ1v) is 11.6. The molecule has 0 aliphatic heterocycles. The molecule has 0 bridgehead atoms. The van der Waals surface area contributed by atoms with Crippen LogP contribution in [0.2, 0.25) is 0 Å². The Morgan fingerprint density at radius 2 is 1.04 bits per heavy atom. The van der Waals surface area contributed by atoms with Crippen LogP contribution in [0, 0.1) is 0 Å². The number of nitrogens with zero attached hydrogens (tertiary/aromatic N) is 1. The van der Waals surface area contributed by atoms with Gasteiger partial charge in [-0.05, 0) is 23.3 Å². The van der Waals surface area contributed by atoms with Crippen LogP contribution in [0.15, 0.2) is 78.9 Å². The van der Waals surface area contributed by atoms with Crippen LogP contribution in [-0.2, 0) is 11.5 Å². The second kappa shape index (κ2) is 11.3. The van der Waals surface area contributed by atoms with Crippen molar-refractivity contribution in [1.82, 2.24) is 4.98 Å². The second-order valence-electron chi connectivity index (χ2n) is 6.50. The monoisotopic (exact) mass is 411 g/mol. The van der Waals surface area contributed by atoms with E-state index in [0.29, 0.717) is 11.5 Å². The molecule has 2 aromatic carbocycles. The first-order chi connectivity index (χ1) is 13.7. The number of benzene rings is 2. The van der Waals surface area contributed by atoms with E-state index < -0.39 is 12.2 Å². The van der Waals surface area contributed by atoms with Crippen molar-refractivity contribution in [3.8, 4) is 0 Å². The van der Waals surface area contributed by atoms with Gasteiger partial charge < -0.3 is 10.2 Å². The lowest BCUT2D eigenvalue weighted by Crippen LogP contribution is -2.02. The van der Waals surface area contributed by atoms with Crippen LogP contribution in [0.25, 0.3) is 0 Å². The predicted octanol–water partition coefficient (Wildman–Crippen LogP) is 5.02. The smallest absolute Gasteiger partial charge is 0.0880 e. The Balaban J connectivity index is 1.42. The molecule has 0 saturated carbocycles. The molecule has 146 valence electrons. The van der Waals surface area contributed by atoms with Gasteiger partial charge in [0.25, 0.3) is 0 Å². The van der Waals surface area contributed by atoms with Gasteiger partial charge in [0, 0.05) is 23.0 Å². The molecule has 28 heavy (non-hydrogen) atoms. The molecule has 5 heteroatoms. The topological polar surface area (TPSA) is 53.4 Å². The maximum absolute atomic E-state index is 10.2. The van der Waals surface area contributed by atoms with E-state index in [9.17, 15) is 10.2 Å². The molecule has 2 N–H and O–H groups in total. The number of aliphatic hydroxyl groups is 2. The molecule has 0 aliphatic rings. The number of rotatable bonds is 10. The van der Waals surface area contributed by atoms with E-state index in [1.807, 2.05) is 78.9 Å². The van der Waals surface area contributed by atoms with Crippen molar-refractivity contribution in [2.24, 2.45) is 0 Å². The van der Waals surface area contributed by atoms with Gasteiger partial charge in [0.1, 0.15) is 0 Å². The summed E-state index contributed by atoms with van der Waals surface area (Å²) in [6.07, 6.45) is -0.908. The van der Waals surface area contributed by atoms with E-state index >= 15 is 0 Å². The van der Waals surface area contributed by atoms with E-state index in [2.05, 4.69) is 0 Å². The highest BCUT2D eigenvalue weighted by atomic mass is 32.2. The maximum atomic E-state index is 10.2. The maximum Gasteiger partial charge on any atom is 0.0880 e. The van der Waals surface area contributed by atoms with E-state index in [-0.39, 0.29) is 0 Å². The van der Waals surface area contributed by atoms with Crippen molar-refractivity contribution in [1.29, 1.82) is 0 Å². The molecule has 0 saturated heterocycles. The van der Waals surface area contributed by atoms with Gasteiger partial charge in [-0.25, -0.2) is 0 Å². The van der Waals surface area contributed by atoms with Crippen molar-refractivity contribution in [3.63, 3.8) is 0 Å². The van der Waals surface area contributed by atoms with Crippen LogP contribution >= 0.6 is 23.5 Å². The summed E-state index contributed by atoms with van der Waals surface area (Å²) in [6.45, 7) is 0. The normalized spacial score (nSPS) is 13.2. The highest BCUT2D eigenvalue weighted by molar-refractivity contribution is 7.98. The Hall–Kier alpha value is -1.79. The summed E-state index contributed by atoms with van der Waals surface area (Å²) in [6, 6.07) is 25.6. The zero-order chi connectivity index (χ0) is 19.6. The minimum atomic E-state index is -0.454. The summed E-state index contributed by atoms with van der Waals surface area (Å²) in [7, 11) is 0. The fourth-order valence-corrected chi connectivity index (χ4v) is 4.59. The molecule has 3 rings (SSSR count). The number of thioether (sulfide) groups is 2. The number of hydrogen-bond donors (Lipinski definition) is 2. The Kier molecular flexibility index (Phi) is 8.42. The van der Waals surface area contributed by atoms with Gasteiger partial charge in [-0.3, -0.25) is 4.98 Å². The van der Waals surface area contributed by atoms with E-state index in [4.69, 9.17) is 4.98 Å². The molecule has 3 aromatic rings. The first-order valence-electron chi connectivity index (χ1n) is 9.28. The summed E-state index contributed by atoms with van der Waals surface area (Å²) >= 11 is 3.37. The fraction of sp³-hybridized carbons (Fsp3) is 0.261. The lowest BCUT2D eigenvalue weighted by atomic mass is 10.1. The van der Waals surface area contributed by atoms with Gasteiger partial charge in [-0.2, -0.15) is 23.5 Å². The largest absolute Gasteiger partial charge is 0.388 e. The minimum Gasteiger partial charge on any atom is -0.388 e. The summed E-state index contributed by atoms with van der Waals surface area (Å²) < 4.78 is 0. The molecule has 0 fully saturated rings. The van der Waals surface area contributed by atoms with Crippen LogP contribution in [-0.4, -0.2) is 26.7 Å². The third kappa shape index (κ3) is 6.67. The molecule has 0 radical (unpaired) electrons. The summed E-state index contributed by atoms with van der Waals surface area (Å²) in [5.41, 5.74) is 3.94. The van der Waals surface area contributed by atoms with Crippen LogP contribution in [0.3, 0.4) is 0 Å². The summed E-state index contributed by atoms with van der Waals surface area (Å²) in [5, 5.41) is 20.5. The molecule has 0 unspecified atom stereocenters. The van der Waals surface area contributed by atoms with Crippen LogP contribution in [0.5, 0.6) is 0 Å². The average molecular weight is 412 g/mol. The van der Waals surface area contributed by atoms with Crippen LogP contribution < -0.4 is 0 Å². The highest BCUT2D eigenvalue weighted by Gasteiger charge is 2.09. The molecule has 0 amide bonds. The zero-order valence-electron chi connectivity index (χ0n) is 15.6. The van der Waals surface area contributed by atoms with Crippen molar-refractivity contribution in [2.45, 2.75) is 23.7 Å². The Morgan fingerprint density at radius 1 is 0.607 bits per heavy atom. The number of hydrogen-bond acceptors (Lipinski definition) is 5. The van der Waals surface area contributed by atoms with Gasteiger partial charge in [0.05, 0.1) is 23.6 Å². The summed E-state index contributed by atoms with van der Waals surface area (Å²) in [4.78, 5) is 4.71. The number of pyridine rings is 1. The molecule has 3 nitrogen and oxygen atoms in total. The van der Waals surface area contributed by atoms with Crippen molar-refractivity contribution in [3.05, 3.63) is 101 Å². The van der Waals surface area contributed by atoms with E-state index in [1.54, 1.807) is 23.5 Å². The fourth-order valence-electron chi connectivity index (χ4n) is 2.78. The zero-order valence-corrected chi connectivity index (χ0v) is 17.3. The van der Waals surface area contributed by atoms with E-state index in [0.717, 1.165) is 34.0 Å². The second-order valence-corrected chi connectivity index (χ2v) is 8.56. The third-order valence-corrected chi connectivity index (χ3v) is 6.39. The van der Waals surface area contributed by atoms with Crippen molar-refractivity contribution >= 4 is 23.5 Å². The van der Waals surface area contributed by atoms with Crippen LogP contribution in [0.1, 0.15) is 34.7 Å². The quantitative estimate of drug-likeness (QED) is 0.491. The first kappa shape index (κ1) is 20.9. The number of aliphatic hydroxyl groups excluding tert-OH is 2. The third-order valence-electron chi connectivity index (χ3n) is 4.28. The predicted molar refractivity (Wildman–Crippen MR) is 119 cm³/mol. The van der Waals surface area contributed by atoms with Gasteiger partial charge in [0.2, 0.25) is 0 Å². The minimum absolute atomic E-state index is 0.454. The highest BCUT2D eigenvalue weighted by Crippen LogP contribution is 2.22. The standard InChI is InChI=1S/C23H25NO2S2/c25-22(18-8-3-1-4-9-18)16-27-14-20-12-7-13-21(24-20)15-28-17-23(26)19-10-5-2-6-11-19/h1-13,22-23,25-26H,14-17H2/t22-,23-/m1/s1. The molecular formula is C23H25NO2S2. The van der Waals surface area contributed by atoms with Crippen molar-refractivity contribution < 1.29 is 10.2 Å². The lowest BCUT2D eigenvalue weighted by molar-refractivity contribution is 0.204. The molecule has 1 heterocycles. The van der Waals surface area contributed by atoms with Crippen LogP contribution in [0.4, 0.5) is 0 Å². The molecule has 0 aliphatic carbocycles. The SMILES string of the molecule is O[C@H](CSCc1cccc(CSC[C@@H](O)c2ccccc2)n1)c1ccccc1. The Morgan fingerprint density at radius 3 is 1.46 bits per heavy atom. The molecule has 2 atom stereocenters. The summed E-state index contributed by atoms with van der Waals surface area (Å²) in [5.74, 6) is 2.84. The Bertz CT molecular complexity index is 764. The molecule has 0 spiro atoms. The molecular weight excluding hydrogens is 386 g/mol. The van der Waals surface area contributed by atoms with Gasteiger partial charge in [-0.15, -0.1) is 0 Å². The van der Waals surface area contributed by atoms with Gasteiger partial charge in [-0.1, -0.05) is 66.7 Å². The Labute approximate surface area is 175 Å². The lowest BCUT2D eigenvalue weighted by Gasteiger charge is -2.11.